The maximum absolute atomic E-state index is 12.2. The van der Waals surface area contributed by atoms with Crippen LogP contribution < -0.4 is 11.1 Å². The molecule has 0 bridgehead atoms. The van der Waals surface area contributed by atoms with Gasteiger partial charge in [0, 0.05) is 19.5 Å². The Labute approximate surface area is 128 Å². The number of nitrogens with zero attached hydrogens (tertiary/aromatic N) is 1. The number of amides is 2. The lowest BCUT2D eigenvalue weighted by molar-refractivity contribution is -0.138. The number of carbonyl (C=O) groups excluding carboxylic acids is 2. The molecule has 3 N–H and O–H groups in total. The van der Waals surface area contributed by atoms with E-state index in [1.54, 1.807) is 4.90 Å². The van der Waals surface area contributed by atoms with E-state index >= 15 is 0 Å². The molecule has 0 saturated carbocycles. The first kappa shape index (κ1) is 18.0. The molecule has 1 aliphatic rings. The zero-order chi connectivity index (χ0) is 15.5. The number of hydrogen-bond donors (Lipinski definition) is 2. The second-order valence-corrected chi connectivity index (χ2v) is 5.84. The summed E-state index contributed by atoms with van der Waals surface area (Å²) in [5.41, 5.74) is 5.44. The number of hydrogen-bond acceptors (Lipinski definition) is 3. The summed E-state index contributed by atoms with van der Waals surface area (Å²) in [7, 11) is 0. The topological polar surface area (TPSA) is 75.4 Å². The fourth-order valence-electron chi connectivity index (χ4n) is 2.78. The normalized spacial score (nSPS) is 18.0. The van der Waals surface area contributed by atoms with Crippen molar-refractivity contribution in [2.24, 2.45) is 5.73 Å². The Morgan fingerprint density at radius 2 is 2.00 bits per heavy atom. The Bertz CT molecular complexity index is 321. The molecular weight excluding hydrogens is 266 g/mol. The number of unbranched alkanes of at least 4 members (excludes halogenated alkanes) is 4. The maximum Gasteiger partial charge on any atom is 0.242 e. The van der Waals surface area contributed by atoms with Crippen molar-refractivity contribution >= 4 is 11.8 Å². The average Bonchev–Trinajstić information content (AvgIpc) is 2.96. The Morgan fingerprint density at radius 3 is 2.71 bits per heavy atom. The van der Waals surface area contributed by atoms with Crippen LogP contribution in [-0.4, -0.2) is 42.4 Å². The van der Waals surface area contributed by atoms with Gasteiger partial charge in [-0.2, -0.15) is 0 Å². The second-order valence-electron chi connectivity index (χ2n) is 5.84. The molecule has 0 aromatic carbocycles. The Kier molecular flexibility index (Phi) is 9.06. The minimum atomic E-state index is -0.242. The van der Waals surface area contributed by atoms with Crippen LogP contribution in [0.15, 0.2) is 0 Å². The van der Waals surface area contributed by atoms with Crippen molar-refractivity contribution in [1.29, 1.82) is 0 Å². The molecule has 5 nitrogen and oxygen atoms in total. The molecule has 1 aliphatic heterocycles. The van der Waals surface area contributed by atoms with Crippen molar-refractivity contribution in [2.75, 3.05) is 19.6 Å². The molecule has 1 fully saturated rings. The highest BCUT2D eigenvalue weighted by Gasteiger charge is 2.33. The van der Waals surface area contributed by atoms with Crippen LogP contribution in [0.3, 0.4) is 0 Å². The number of nitrogens with two attached hydrogens (primary N) is 1. The van der Waals surface area contributed by atoms with Crippen molar-refractivity contribution in [3.8, 4) is 0 Å². The highest BCUT2D eigenvalue weighted by molar-refractivity contribution is 5.88. The van der Waals surface area contributed by atoms with Crippen LogP contribution in [0.1, 0.15) is 64.7 Å². The predicted molar refractivity (Wildman–Crippen MR) is 84.8 cm³/mol. The smallest absolute Gasteiger partial charge is 0.242 e. The fourth-order valence-corrected chi connectivity index (χ4v) is 2.78. The largest absolute Gasteiger partial charge is 0.354 e. The quantitative estimate of drug-likeness (QED) is 0.604. The van der Waals surface area contributed by atoms with Crippen LogP contribution in [0.25, 0.3) is 0 Å². The van der Waals surface area contributed by atoms with E-state index in [0.717, 1.165) is 57.9 Å². The van der Waals surface area contributed by atoms with Gasteiger partial charge in [-0.05, 0) is 38.6 Å². The molecule has 0 unspecified atom stereocenters. The summed E-state index contributed by atoms with van der Waals surface area (Å²) in [6.45, 7) is 4.25. The van der Waals surface area contributed by atoms with Crippen molar-refractivity contribution < 1.29 is 9.59 Å². The Balaban J connectivity index is 2.30. The molecule has 1 heterocycles. The average molecular weight is 297 g/mol. The molecular formula is C16H31N3O2. The zero-order valence-electron chi connectivity index (χ0n) is 13.4. The summed E-state index contributed by atoms with van der Waals surface area (Å²) >= 11 is 0. The van der Waals surface area contributed by atoms with Gasteiger partial charge in [-0.15, -0.1) is 0 Å². The van der Waals surface area contributed by atoms with E-state index in [1.807, 2.05) is 0 Å². The molecule has 1 atom stereocenters. The van der Waals surface area contributed by atoms with Gasteiger partial charge in [0.2, 0.25) is 11.8 Å². The summed E-state index contributed by atoms with van der Waals surface area (Å²) in [6, 6.07) is -0.242. The van der Waals surface area contributed by atoms with Gasteiger partial charge in [0.1, 0.15) is 6.04 Å². The van der Waals surface area contributed by atoms with Gasteiger partial charge in [-0.25, -0.2) is 0 Å². The predicted octanol–water partition coefficient (Wildman–Crippen LogP) is 1.80. The van der Waals surface area contributed by atoms with Crippen molar-refractivity contribution in [2.45, 2.75) is 70.8 Å². The molecule has 122 valence electrons. The summed E-state index contributed by atoms with van der Waals surface area (Å²) in [5, 5.41) is 2.96. The van der Waals surface area contributed by atoms with Crippen LogP contribution in [0, 0.1) is 0 Å². The van der Waals surface area contributed by atoms with Gasteiger partial charge in [-0.3, -0.25) is 9.59 Å². The van der Waals surface area contributed by atoms with Gasteiger partial charge in [0.05, 0.1) is 0 Å². The molecule has 0 aromatic rings. The number of likely N-dealkylation sites (tertiary alicyclic amines) is 1. The molecule has 0 aromatic heterocycles. The van der Waals surface area contributed by atoms with Gasteiger partial charge < -0.3 is 16.0 Å². The highest BCUT2D eigenvalue weighted by Crippen LogP contribution is 2.19. The first-order chi connectivity index (χ1) is 10.2. The van der Waals surface area contributed by atoms with Gasteiger partial charge in [0.25, 0.3) is 0 Å². The van der Waals surface area contributed by atoms with Crippen molar-refractivity contribution in [3.05, 3.63) is 0 Å². The summed E-state index contributed by atoms with van der Waals surface area (Å²) in [4.78, 5) is 26.2. The standard InChI is InChI=1S/C16H31N3O2/c1-2-3-5-10-15(20)19-13-8-9-14(19)16(21)18-12-7-4-6-11-17/h14H,2-13,17H2,1H3,(H,18,21)/t14-/m0/s1. The molecule has 0 spiro atoms. The summed E-state index contributed by atoms with van der Waals surface area (Å²) in [5.74, 6) is 0.160. The van der Waals surface area contributed by atoms with E-state index in [4.69, 9.17) is 5.73 Å². The van der Waals surface area contributed by atoms with Crippen molar-refractivity contribution in [3.63, 3.8) is 0 Å². The molecule has 0 radical (unpaired) electrons. The summed E-state index contributed by atoms with van der Waals surface area (Å²) in [6.07, 6.45) is 8.44. The fraction of sp³-hybridized carbons (Fsp3) is 0.875. The third-order valence-electron chi connectivity index (χ3n) is 4.05. The molecule has 2 amide bonds. The number of rotatable bonds is 10. The van der Waals surface area contributed by atoms with Gasteiger partial charge in [-0.1, -0.05) is 26.2 Å². The van der Waals surface area contributed by atoms with Crippen LogP contribution in [0.2, 0.25) is 0 Å². The van der Waals surface area contributed by atoms with E-state index in [-0.39, 0.29) is 17.9 Å². The Hall–Kier alpha value is -1.10. The SMILES string of the molecule is CCCCCC(=O)N1CCC[C@H]1C(=O)NCCCCCN. The van der Waals surface area contributed by atoms with Crippen LogP contribution in [-0.2, 0) is 9.59 Å². The second kappa shape index (κ2) is 10.6. The molecule has 5 heteroatoms. The van der Waals surface area contributed by atoms with Gasteiger partial charge in [0.15, 0.2) is 0 Å². The molecule has 1 saturated heterocycles. The van der Waals surface area contributed by atoms with Crippen LogP contribution >= 0.6 is 0 Å². The Morgan fingerprint density at radius 1 is 1.19 bits per heavy atom. The van der Waals surface area contributed by atoms with Crippen LogP contribution in [0.5, 0.6) is 0 Å². The maximum atomic E-state index is 12.2. The van der Waals surface area contributed by atoms with E-state index < -0.39 is 0 Å². The first-order valence-electron chi connectivity index (χ1n) is 8.48. The lowest BCUT2D eigenvalue weighted by atomic mass is 10.1. The number of nitrogens with one attached hydrogen (secondary N) is 1. The monoisotopic (exact) mass is 297 g/mol. The highest BCUT2D eigenvalue weighted by atomic mass is 16.2. The van der Waals surface area contributed by atoms with E-state index in [0.29, 0.717) is 19.5 Å². The third-order valence-corrected chi connectivity index (χ3v) is 4.05. The number of carbonyl (C=O) groups is 2. The lowest BCUT2D eigenvalue weighted by Gasteiger charge is -2.24. The van der Waals surface area contributed by atoms with E-state index in [1.165, 1.54) is 0 Å². The first-order valence-corrected chi connectivity index (χ1v) is 8.48. The van der Waals surface area contributed by atoms with E-state index in [9.17, 15) is 9.59 Å². The molecule has 21 heavy (non-hydrogen) atoms. The van der Waals surface area contributed by atoms with Crippen LogP contribution in [0.4, 0.5) is 0 Å². The minimum Gasteiger partial charge on any atom is -0.354 e. The molecule has 1 rings (SSSR count). The van der Waals surface area contributed by atoms with E-state index in [2.05, 4.69) is 12.2 Å². The van der Waals surface area contributed by atoms with Gasteiger partial charge >= 0.3 is 0 Å². The van der Waals surface area contributed by atoms with Crippen molar-refractivity contribution in [1.82, 2.24) is 10.2 Å². The minimum absolute atomic E-state index is 0.0177. The lowest BCUT2D eigenvalue weighted by Crippen LogP contribution is -2.46. The summed E-state index contributed by atoms with van der Waals surface area (Å²) < 4.78 is 0. The molecule has 0 aliphatic carbocycles. The third kappa shape index (κ3) is 6.46. The zero-order valence-corrected chi connectivity index (χ0v) is 13.4.